The number of rotatable bonds is 18. The van der Waals surface area contributed by atoms with Crippen LogP contribution < -0.4 is 16.0 Å². The number of ketones is 2. The van der Waals surface area contributed by atoms with Crippen LogP contribution in [-0.2, 0) is 86.5 Å². The van der Waals surface area contributed by atoms with Crippen LogP contribution in [0.2, 0.25) is 0 Å². The Labute approximate surface area is 571 Å². The highest BCUT2D eigenvalue weighted by Gasteiger charge is 2.40. The Morgan fingerprint density at radius 3 is 1.49 bits per heavy atom. The van der Waals surface area contributed by atoms with Crippen molar-refractivity contribution in [2.24, 2.45) is 0 Å². The molecule has 0 bridgehead atoms. The highest BCUT2D eigenvalue weighted by atomic mass is 79.9. The minimum absolute atomic E-state index is 0. The lowest BCUT2D eigenvalue weighted by atomic mass is 10.0. The van der Waals surface area contributed by atoms with Gasteiger partial charge in [0.2, 0.25) is 17.7 Å². The number of Topliss-reactive ketones (excluding diaryl/α,β-unsaturated/α-hetero) is 2. The zero-order chi connectivity index (χ0) is 66.2. The maximum atomic E-state index is 14.6. The number of nitrogens with one attached hydrogen (secondary N) is 3. The number of pyridine rings is 2. The first-order valence-corrected chi connectivity index (χ1v) is 30.9. The zero-order valence-electron chi connectivity index (χ0n) is 50.6. The number of halogens is 5. The number of aromatic nitrogens is 10. The summed E-state index contributed by atoms with van der Waals surface area (Å²) in [7, 11) is 0. The first kappa shape index (κ1) is 75.6. The Morgan fingerprint density at radius 1 is 0.645 bits per heavy atom. The van der Waals surface area contributed by atoms with Crippen LogP contribution >= 0.6 is 57.8 Å². The largest absolute Gasteiger partial charge is 0.480 e. The molecule has 2 aliphatic heterocycles. The molecule has 2 aliphatic rings. The number of amides is 3. The van der Waals surface area contributed by atoms with Crippen LogP contribution in [0.5, 0.6) is 0 Å². The number of hydrogen-bond acceptors (Lipinski definition) is 21. The Kier molecular flexibility index (Phi) is 28.6. The van der Waals surface area contributed by atoms with Gasteiger partial charge in [0, 0.05) is 102 Å². The molecule has 8 heterocycles. The summed E-state index contributed by atoms with van der Waals surface area (Å²) < 4.78 is 41.2. The second kappa shape index (κ2) is 35.2. The molecular formula is C60H63Br2ClF2N14O11S3. The number of alkyl halides is 2. The molecule has 4 atom stereocenters. The Bertz CT molecular complexity index is 4050. The van der Waals surface area contributed by atoms with E-state index in [-0.39, 0.29) is 113 Å². The molecule has 0 spiro atoms. The van der Waals surface area contributed by atoms with Gasteiger partial charge in [-0.15, -0.1) is 12.4 Å². The van der Waals surface area contributed by atoms with E-state index in [1.807, 2.05) is 13.0 Å². The van der Waals surface area contributed by atoms with Gasteiger partial charge in [0.05, 0.1) is 36.8 Å². The maximum absolute atomic E-state index is 14.6. The summed E-state index contributed by atoms with van der Waals surface area (Å²) in [6, 6.07) is 16.1. The summed E-state index contributed by atoms with van der Waals surface area (Å²) in [6.07, 6.45) is 4.00. The van der Waals surface area contributed by atoms with Crippen LogP contribution in [0, 0.1) is 13.8 Å². The molecule has 10 rings (SSSR count). The molecule has 25 nitrogen and oxygen atoms in total. The van der Waals surface area contributed by atoms with E-state index in [0.717, 1.165) is 11.1 Å². The summed E-state index contributed by atoms with van der Waals surface area (Å²) in [5, 5.41) is 26.9. The number of aliphatic carboxylic acids is 1. The van der Waals surface area contributed by atoms with Crippen LogP contribution in [0.15, 0.2) is 94.7 Å². The fourth-order valence-corrected chi connectivity index (χ4v) is 10.2. The summed E-state index contributed by atoms with van der Waals surface area (Å²) in [5.41, 5.74) is 5.79. The number of anilines is 2. The standard InChI is InChI=1S/C30H29BrFN7O5.C19H18N4O5.C11H13BrFN3O.ClH.S2.H2S/c1-4-44-27(42)11-25-33-12-19(13-34-25)18-6-7-22-21(9-18)28(17(3)40)37-39(22)15-26(41)38-14-20(32)10-23(38)30(43)36-29-16(2)5-8-24(31)35-29;1-3-28-18(27)7-16-20-8-13(9-21-16)12-4-5-15-14(6-12)19(11(2)24)22-23(15)10-17(25)26;1-6-2-3-9(12)15-10(6)16-11(17)8-4-7(13)5-14-8;;1-2;/h5-9,12-13,20,23H,4,10-11,14-15H2,1-3H3,(H,35,36,43);4-6,8-9H,3,7,10H2,1-2H3,(H,25,26);2-3,7-8,14H,4-5H2,1H3,(H,15,16,17);1H;;1H2/t20-,23+;;7-,8+;;;/m1.1.../s1. The first-order valence-electron chi connectivity index (χ1n) is 28.0. The fraction of sp³-hybridized carbons (Fsp3) is 0.333. The van der Waals surface area contributed by atoms with Crippen molar-refractivity contribution in [3.05, 3.63) is 129 Å². The number of carbonyl (C=O) groups excluding carboxylic acids is 7. The average Bonchev–Trinajstić information content (AvgIpc) is 1.71. The minimum Gasteiger partial charge on any atom is -0.480 e. The van der Waals surface area contributed by atoms with Crippen molar-refractivity contribution in [3.63, 3.8) is 0 Å². The fourth-order valence-electron chi connectivity index (χ4n) is 9.57. The lowest BCUT2D eigenvalue weighted by Crippen LogP contribution is -2.44. The van der Waals surface area contributed by atoms with Crippen LogP contribution in [0.3, 0.4) is 0 Å². The Morgan fingerprint density at radius 2 is 1.09 bits per heavy atom. The number of aryl methyl sites for hydroxylation is 2. The third kappa shape index (κ3) is 20.2. The van der Waals surface area contributed by atoms with Gasteiger partial charge in [-0.1, -0.05) is 24.3 Å². The third-order valence-electron chi connectivity index (χ3n) is 13.9. The van der Waals surface area contributed by atoms with E-state index in [0.29, 0.717) is 83.2 Å². The van der Waals surface area contributed by atoms with Gasteiger partial charge in [-0.05, 0) is 118 Å². The number of likely N-dealkylation sites (tertiary alicyclic amines) is 1. The normalized spacial score (nSPS) is 15.3. The quantitative estimate of drug-likeness (QED) is 0.0358. The van der Waals surface area contributed by atoms with E-state index < -0.39 is 54.1 Å². The molecule has 3 amide bonds. The highest BCUT2D eigenvalue weighted by Crippen LogP contribution is 2.30. The summed E-state index contributed by atoms with van der Waals surface area (Å²) in [4.78, 5) is 124. The summed E-state index contributed by atoms with van der Waals surface area (Å²) >= 11 is 13.8. The van der Waals surface area contributed by atoms with E-state index in [2.05, 4.69) is 110 Å². The van der Waals surface area contributed by atoms with Crippen molar-refractivity contribution < 1.29 is 61.7 Å². The van der Waals surface area contributed by atoms with Crippen LogP contribution in [0.25, 0.3) is 44.1 Å². The lowest BCUT2D eigenvalue weighted by molar-refractivity contribution is -0.143. The van der Waals surface area contributed by atoms with Gasteiger partial charge < -0.3 is 35.4 Å². The van der Waals surface area contributed by atoms with Crippen molar-refractivity contribution >= 4 is 161 Å². The van der Waals surface area contributed by atoms with E-state index in [9.17, 15) is 47.1 Å². The smallest absolute Gasteiger partial charge is 0.325 e. The van der Waals surface area contributed by atoms with E-state index in [4.69, 9.17) is 14.6 Å². The number of fused-ring (bicyclic) bond motifs is 2. The molecule has 33 heteroatoms. The van der Waals surface area contributed by atoms with Gasteiger partial charge >= 0.3 is 17.9 Å². The third-order valence-corrected chi connectivity index (χ3v) is 14.8. The second-order valence-corrected chi connectivity index (χ2v) is 22.1. The zero-order valence-corrected chi connectivity index (χ0v) is 57.3. The highest BCUT2D eigenvalue weighted by molar-refractivity contribution is 9.10. The molecule has 8 aromatic rings. The van der Waals surface area contributed by atoms with Gasteiger partial charge in [-0.25, -0.2) is 38.7 Å². The van der Waals surface area contributed by atoms with Crippen molar-refractivity contribution in [3.8, 4) is 22.3 Å². The number of hydrogen-bond donors (Lipinski definition) is 4. The molecule has 0 aliphatic carbocycles. The molecule has 0 saturated carbocycles. The monoisotopic (exact) mass is 1480 g/mol. The Hall–Kier alpha value is -8.14. The maximum Gasteiger partial charge on any atom is 0.325 e. The number of benzene rings is 2. The molecule has 0 unspecified atom stereocenters. The van der Waals surface area contributed by atoms with E-state index in [1.54, 1.807) is 100 Å². The van der Waals surface area contributed by atoms with Crippen molar-refractivity contribution in [1.82, 2.24) is 59.7 Å². The molecule has 4 N–H and O–H groups in total. The van der Waals surface area contributed by atoms with Crippen LogP contribution in [0.4, 0.5) is 20.4 Å². The number of nitrogens with zero attached hydrogens (tertiary/aromatic N) is 11. The van der Waals surface area contributed by atoms with Gasteiger partial charge in [0.25, 0.3) is 0 Å². The molecular weight excluding hydrogens is 1420 g/mol. The number of carboxylic acid groups (broad SMARTS) is 1. The topological polar surface area (TPSA) is 328 Å². The minimum atomic E-state index is -1.37. The van der Waals surface area contributed by atoms with Crippen LogP contribution in [0.1, 0.15) is 84.3 Å². The van der Waals surface area contributed by atoms with Gasteiger partial charge in [-0.2, -0.15) is 23.7 Å². The predicted molar refractivity (Wildman–Crippen MR) is 359 cm³/mol. The van der Waals surface area contributed by atoms with Gasteiger partial charge in [-0.3, -0.25) is 47.7 Å². The van der Waals surface area contributed by atoms with Crippen LogP contribution in [-0.4, -0.2) is 157 Å². The lowest BCUT2D eigenvalue weighted by Gasteiger charge is -2.24. The van der Waals surface area contributed by atoms with E-state index in [1.165, 1.54) is 28.1 Å². The summed E-state index contributed by atoms with van der Waals surface area (Å²) in [5.74, 6) is -2.23. The molecule has 2 aromatic carbocycles. The van der Waals surface area contributed by atoms with E-state index >= 15 is 0 Å². The van der Waals surface area contributed by atoms with Crippen molar-refractivity contribution in [1.29, 1.82) is 0 Å². The first-order chi connectivity index (χ1) is 43.5. The van der Waals surface area contributed by atoms with Gasteiger partial charge in [0.1, 0.15) is 88.2 Å². The molecule has 2 fully saturated rings. The number of carbonyl (C=O) groups is 8. The molecule has 2 saturated heterocycles. The SMILES string of the molecule is CCOC(=O)Cc1ncc(-c2ccc3c(c2)c(C(C)=O)nn3CC(=O)N2C[C@H](F)C[C@H]2C(=O)Nc2nc(Br)ccc2C)cn1.CCOC(=O)Cc1ncc(-c2ccc3c(c2)c(C(C)=O)nn3CC(=O)O)cn1.Cc1ccc(Br)nc1NC(=O)[C@@H]1C[C@@H](F)CN1.Cl.S.S=S. The average molecular weight is 1490 g/mol. The molecule has 492 valence electrons. The number of esters is 2. The summed E-state index contributed by atoms with van der Waals surface area (Å²) in [6.45, 7) is 9.76. The van der Waals surface area contributed by atoms with Crippen molar-refractivity contribution in [2.75, 3.05) is 36.9 Å². The predicted octanol–water partition coefficient (Wildman–Crippen LogP) is 8.05. The van der Waals surface area contributed by atoms with Gasteiger partial charge in [0.15, 0.2) is 11.6 Å². The molecule has 93 heavy (non-hydrogen) atoms. The Balaban J connectivity index is 0.000000273. The second-order valence-electron chi connectivity index (χ2n) is 20.5. The number of ether oxygens (including phenoxy) is 2. The van der Waals surface area contributed by atoms with Crippen molar-refractivity contribution in [2.45, 2.75) is 105 Å². The molecule has 6 aromatic heterocycles. The number of carboxylic acids is 1. The molecule has 0 radical (unpaired) electrons.